The highest BCUT2D eigenvalue weighted by atomic mass is 32.1. The van der Waals surface area contributed by atoms with Crippen LogP contribution in [0, 0.1) is 6.92 Å². The molecule has 18 heavy (non-hydrogen) atoms. The second-order valence-electron chi connectivity index (χ2n) is 4.31. The highest BCUT2D eigenvalue weighted by molar-refractivity contribution is 7.09. The molecule has 2 rings (SSSR count). The summed E-state index contributed by atoms with van der Waals surface area (Å²) >= 11 is 1.65. The largest absolute Gasteiger partial charge is 0.395 e. The molecule has 0 aliphatic rings. The molecule has 1 aromatic heterocycles. The van der Waals surface area contributed by atoms with Crippen molar-refractivity contribution in [3.8, 4) is 0 Å². The second-order valence-corrected chi connectivity index (χ2v) is 5.37. The van der Waals surface area contributed by atoms with Crippen molar-refractivity contribution in [3.63, 3.8) is 0 Å². The first-order chi connectivity index (χ1) is 8.78. The predicted molar refractivity (Wildman–Crippen MR) is 74.7 cm³/mol. The lowest BCUT2D eigenvalue weighted by Gasteiger charge is -2.15. The van der Waals surface area contributed by atoms with Gasteiger partial charge in [0.1, 0.15) is 0 Å². The summed E-state index contributed by atoms with van der Waals surface area (Å²) < 4.78 is 0. The van der Waals surface area contributed by atoms with Crippen molar-refractivity contribution in [1.82, 2.24) is 10.3 Å². The van der Waals surface area contributed by atoms with Crippen LogP contribution in [0.5, 0.6) is 0 Å². The summed E-state index contributed by atoms with van der Waals surface area (Å²) in [5.41, 5.74) is 2.28. The molecule has 0 amide bonds. The summed E-state index contributed by atoms with van der Waals surface area (Å²) in [6.07, 6.45) is 0.834. The Kier molecular flexibility index (Phi) is 4.87. The molecular weight excluding hydrogens is 244 g/mol. The zero-order valence-corrected chi connectivity index (χ0v) is 11.3. The number of hydrogen-bond acceptors (Lipinski definition) is 4. The number of hydrogen-bond donors (Lipinski definition) is 2. The van der Waals surface area contributed by atoms with Crippen LogP contribution in [-0.2, 0) is 13.0 Å². The van der Waals surface area contributed by atoms with E-state index >= 15 is 0 Å². The first-order valence-corrected chi connectivity index (χ1v) is 6.95. The molecule has 2 aromatic rings. The molecule has 0 aliphatic carbocycles. The van der Waals surface area contributed by atoms with Crippen LogP contribution in [0.25, 0.3) is 0 Å². The van der Waals surface area contributed by atoms with Gasteiger partial charge >= 0.3 is 0 Å². The summed E-state index contributed by atoms with van der Waals surface area (Å²) in [4.78, 5) is 4.40. The number of aliphatic hydroxyl groups is 1. The van der Waals surface area contributed by atoms with E-state index in [9.17, 15) is 5.11 Å². The third-order valence-corrected chi connectivity index (χ3v) is 3.61. The van der Waals surface area contributed by atoms with Crippen LogP contribution in [0.1, 0.15) is 16.3 Å². The van der Waals surface area contributed by atoms with Gasteiger partial charge in [0, 0.05) is 18.0 Å². The van der Waals surface area contributed by atoms with E-state index in [-0.39, 0.29) is 12.6 Å². The van der Waals surface area contributed by atoms with Gasteiger partial charge in [-0.25, -0.2) is 4.98 Å². The summed E-state index contributed by atoms with van der Waals surface area (Å²) in [5, 5.41) is 15.9. The zero-order valence-electron chi connectivity index (χ0n) is 10.5. The molecule has 0 saturated carbocycles. The normalized spacial score (nSPS) is 12.6. The van der Waals surface area contributed by atoms with Crippen molar-refractivity contribution >= 4 is 11.3 Å². The first-order valence-electron chi connectivity index (χ1n) is 6.07. The first kappa shape index (κ1) is 13.2. The van der Waals surface area contributed by atoms with Crippen LogP contribution in [-0.4, -0.2) is 22.7 Å². The highest BCUT2D eigenvalue weighted by Crippen LogP contribution is 2.08. The molecule has 0 spiro atoms. The Morgan fingerprint density at radius 2 is 2.11 bits per heavy atom. The van der Waals surface area contributed by atoms with Gasteiger partial charge < -0.3 is 10.4 Å². The molecule has 0 aliphatic heterocycles. The molecule has 1 atom stereocenters. The number of thiazole rings is 1. The van der Waals surface area contributed by atoms with Gasteiger partial charge in [-0.2, -0.15) is 0 Å². The molecule has 0 radical (unpaired) electrons. The van der Waals surface area contributed by atoms with Gasteiger partial charge in [0.25, 0.3) is 0 Å². The molecule has 1 unspecified atom stereocenters. The van der Waals surface area contributed by atoms with Crippen LogP contribution >= 0.6 is 11.3 Å². The Hall–Kier alpha value is -1.23. The maximum Gasteiger partial charge on any atom is 0.0897 e. The number of rotatable bonds is 6. The van der Waals surface area contributed by atoms with Gasteiger partial charge in [-0.3, -0.25) is 0 Å². The molecule has 1 heterocycles. The molecule has 2 N–H and O–H groups in total. The SMILES string of the molecule is Cc1nc(CNC(CO)Cc2ccccc2)cs1. The van der Waals surface area contributed by atoms with Crippen LogP contribution in [0.4, 0.5) is 0 Å². The van der Waals surface area contributed by atoms with E-state index in [2.05, 4.69) is 27.8 Å². The maximum absolute atomic E-state index is 9.39. The molecule has 3 nitrogen and oxygen atoms in total. The maximum atomic E-state index is 9.39. The Morgan fingerprint density at radius 3 is 2.72 bits per heavy atom. The summed E-state index contributed by atoms with van der Waals surface area (Å²) in [6, 6.07) is 10.3. The minimum Gasteiger partial charge on any atom is -0.395 e. The number of aryl methyl sites for hydroxylation is 1. The Labute approximate surface area is 112 Å². The zero-order chi connectivity index (χ0) is 12.8. The van der Waals surface area contributed by atoms with Gasteiger partial charge in [0.2, 0.25) is 0 Å². The fourth-order valence-corrected chi connectivity index (χ4v) is 2.45. The molecule has 0 saturated heterocycles. The van der Waals surface area contributed by atoms with Crippen LogP contribution in [0.3, 0.4) is 0 Å². The fourth-order valence-electron chi connectivity index (χ4n) is 1.84. The second kappa shape index (κ2) is 6.64. The van der Waals surface area contributed by atoms with Crippen LogP contribution in [0.15, 0.2) is 35.7 Å². The quantitative estimate of drug-likeness (QED) is 0.838. The van der Waals surface area contributed by atoms with Gasteiger partial charge in [0.15, 0.2) is 0 Å². The minimum absolute atomic E-state index is 0.0782. The summed E-state index contributed by atoms with van der Waals surface area (Å²) in [6.45, 7) is 2.85. The molecule has 4 heteroatoms. The molecule has 96 valence electrons. The van der Waals surface area contributed by atoms with Gasteiger partial charge in [-0.15, -0.1) is 11.3 Å². The number of benzene rings is 1. The number of nitrogens with one attached hydrogen (secondary N) is 1. The van der Waals surface area contributed by atoms with E-state index in [4.69, 9.17) is 0 Å². The number of aliphatic hydroxyl groups excluding tert-OH is 1. The van der Waals surface area contributed by atoms with Gasteiger partial charge in [-0.05, 0) is 18.9 Å². The van der Waals surface area contributed by atoms with Crippen molar-refractivity contribution in [2.75, 3.05) is 6.61 Å². The molecule has 1 aromatic carbocycles. The smallest absolute Gasteiger partial charge is 0.0897 e. The average Bonchev–Trinajstić information content (AvgIpc) is 2.81. The summed E-state index contributed by atoms with van der Waals surface area (Å²) in [7, 11) is 0. The van der Waals surface area contributed by atoms with Crippen molar-refractivity contribution in [3.05, 3.63) is 52.0 Å². The lowest BCUT2D eigenvalue weighted by Crippen LogP contribution is -2.34. The van der Waals surface area contributed by atoms with E-state index in [1.54, 1.807) is 11.3 Å². The predicted octanol–water partition coefficient (Wildman–Crippen LogP) is 2.14. The van der Waals surface area contributed by atoms with Crippen LogP contribution in [0.2, 0.25) is 0 Å². The van der Waals surface area contributed by atoms with Crippen molar-refractivity contribution in [2.24, 2.45) is 0 Å². The molecule has 0 bridgehead atoms. The van der Waals surface area contributed by atoms with E-state index in [0.29, 0.717) is 6.54 Å². The third kappa shape index (κ3) is 3.91. The van der Waals surface area contributed by atoms with E-state index < -0.39 is 0 Å². The van der Waals surface area contributed by atoms with Crippen molar-refractivity contribution in [1.29, 1.82) is 0 Å². The standard InChI is InChI=1S/C14H18N2OS/c1-11-16-14(10-18-11)8-15-13(9-17)7-12-5-3-2-4-6-12/h2-6,10,13,15,17H,7-9H2,1H3. The number of aromatic nitrogens is 1. The van der Waals surface area contributed by atoms with Gasteiger partial charge in [0.05, 0.1) is 17.3 Å². The lowest BCUT2D eigenvalue weighted by atomic mass is 10.1. The molecular formula is C14H18N2OS. The van der Waals surface area contributed by atoms with Crippen molar-refractivity contribution in [2.45, 2.75) is 25.9 Å². The average molecular weight is 262 g/mol. The van der Waals surface area contributed by atoms with E-state index in [1.807, 2.05) is 25.1 Å². The van der Waals surface area contributed by atoms with Crippen molar-refractivity contribution < 1.29 is 5.11 Å². The summed E-state index contributed by atoms with van der Waals surface area (Å²) in [5.74, 6) is 0. The topological polar surface area (TPSA) is 45.2 Å². The Morgan fingerprint density at radius 1 is 1.33 bits per heavy atom. The lowest BCUT2D eigenvalue weighted by molar-refractivity contribution is 0.240. The minimum atomic E-state index is 0.0782. The third-order valence-electron chi connectivity index (χ3n) is 2.78. The number of nitrogens with zero attached hydrogens (tertiary/aromatic N) is 1. The monoisotopic (exact) mass is 262 g/mol. The van der Waals surface area contributed by atoms with E-state index in [0.717, 1.165) is 17.1 Å². The van der Waals surface area contributed by atoms with Crippen LogP contribution < -0.4 is 5.32 Å². The highest BCUT2D eigenvalue weighted by Gasteiger charge is 2.08. The fraction of sp³-hybridized carbons (Fsp3) is 0.357. The van der Waals surface area contributed by atoms with Gasteiger partial charge in [-0.1, -0.05) is 30.3 Å². The Balaban J connectivity index is 1.86. The van der Waals surface area contributed by atoms with E-state index in [1.165, 1.54) is 5.56 Å². The molecule has 0 fully saturated rings. The Bertz CT molecular complexity index is 470.